The van der Waals surface area contributed by atoms with Gasteiger partial charge in [-0.1, -0.05) is 22.0 Å². The highest BCUT2D eigenvalue weighted by molar-refractivity contribution is 9.10. The molecule has 0 bridgehead atoms. The molecule has 0 saturated carbocycles. The van der Waals surface area contributed by atoms with Crippen LogP contribution < -0.4 is 11.3 Å². The lowest BCUT2D eigenvalue weighted by Crippen LogP contribution is -2.23. The second-order valence-corrected chi connectivity index (χ2v) is 4.30. The summed E-state index contributed by atoms with van der Waals surface area (Å²) in [5, 5.41) is 0. The van der Waals surface area contributed by atoms with Crippen LogP contribution in [0.15, 0.2) is 51.9 Å². The van der Waals surface area contributed by atoms with Crippen LogP contribution in [0.4, 0.5) is 0 Å². The van der Waals surface area contributed by atoms with Gasteiger partial charge in [-0.05, 0) is 30.3 Å². The van der Waals surface area contributed by atoms with Crippen LogP contribution in [-0.2, 0) is 6.54 Å². The quantitative estimate of drug-likeness (QED) is 0.914. The van der Waals surface area contributed by atoms with Crippen LogP contribution in [0.25, 0.3) is 5.69 Å². The zero-order valence-electron chi connectivity index (χ0n) is 8.56. The van der Waals surface area contributed by atoms with Crippen LogP contribution in [-0.4, -0.2) is 4.57 Å². The molecule has 4 heteroatoms. The number of halogens is 1. The third-order valence-corrected chi connectivity index (χ3v) is 2.88. The van der Waals surface area contributed by atoms with E-state index in [4.69, 9.17) is 5.73 Å². The van der Waals surface area contributed by atoms with E-state index in [1.54, 1.807) is 16.8 Å². The van der Waals surface area contributed by atoms with Gasteiger partial charge in [-0.25, -0.2) is 0 Å². The van der Waals surface area contributed by atoms with E-state index >= 15 is 0 Å². The molecule has 82 valence electrons. The van der Waals surface area contributed by atoms with Crippen molar-refractivity contribution >= 4 is 15.9 Å². The molecule has 3 nitrogen and oxygen atoms in total. The monoisotopic (exact) mass is 278 g/mol. The van der Waals surface area contributed by atoms with Gasteiger partial charge in [0.05, 0.1) is 0 Å². The molecule has 0 aliphatic heterocycles. The fourth-order valence-corrected chi connectivity index (χ4v) is 1.76. The Bertz CT molecular complexity index is 546. The molecule has 0 fully saturated rings. The summed E-state index contributed by atoms with van der Waals surface area (Å²) in [5.74, 6) is 0. The molecule has 2 rings (SSSR count). The van der Waals surface area contributed by atoms with E-state index in [0.717, 1.165) is 10.2 Å². The minimum Gasteiger partial charge on any atom is -0.326 e. The number of benzene rings is 1. The molecule has 0 amide bonds. The third kappa shape index (κ3) is 2.08. The fourth-order valence-electron chi connectivity index (χ4n) is 1.50. The van der Waals surface area contributed by atoms with Crippen LogP contribution in [0.5, 0.6) is 0 Å². The van der Waals surface area contributed by atoms with Crippen molar-refractivity contribution in [1.29, 1.82) is 0 Å². The molecule has 1 aromatic carbocycles. The van der Waals surface area contributed by atoms with Crippen molar-refractivity contribution in [3.63, 3.8) is 0 Å². The maximum absolute atomic E-state index is 12.0. The first kappa shape index (κ1) is 11.1. The lowest BCUT2D eigenvalue weighted by Gasteiger charge is -2.07. The van der Waals surface area contributed by atoms with Crippen molar-refractivity contribution in [2.24, 2.45) is 5.73 Å². The first-order chi connectivity index (χ1) is 7.72. The average molecular weight is 279 g/mol. The molecular formula is C12H11BrN2O. The molecule has 2 N–H and O–H groups in total. The van der Waals surface area contributed by atoms with Gasteiger partial charge in [0, 0.05) is 28.5 Å². The molecule has 1 aromatic heterocycles. The van der Waals surface area contributed by atoms with E-state index in [1.165, 1.54) is 0 Å². The maximum atomic E-state index is 12.0. The van der Waals surface area contributed by atoms with Gasteiger partial charge < -0.3 is 5.73 Å². The van der Waals surface area contributed by atoms with Crippen molar-refractivity contribution in [3.8, 4) is 5.69 Å². The second-order valence-electron chi connectivity index (χ2n) is 3.39. The van der Waals surface area contributed by atoms with Gasteiger partial charge in [-0.3, -0.25) is 9.36 Å². The van der Waals surface area contributed by atoms with Crippen molar-refractivity contribution in [2.45, 2.75) is 6.54 Å². The Morgan fingerprint density at radius 2 is 1.88 bits per heavy atom. The molecule has 0 radical (unpaired) electrons. The highest BCUT2D eigenvalue weighted by Gasteiger charge is 2.02. The van der Waals surface area contributed by atoms with E-state index in [2.05, 4.69) is 15.9 Å². The number of aromatic nitrogens is 1. The Morgan fingerprint density at radius 1 is 1.19 bits per heavy atom. The highest BCUT2D eigenvalue weighted by atomic mass is 79.9. The zero-order chi connectivity index (χ0) is 11.5. The highest BCUT2D eigenvalue weighted by Crippen LogP contribution is 2.12. The Hall–Kier alpha value is -1.39. The SMILES string of the molecule is NCc1cccn(-c2ccc(Br)cc2)c1=O. The number of nitrogens with zero attached hydrogens (tertiary/aromatic N) is 1. The molecule has 0 aliphatic rings. The summed E-state index contributed by atoms with van der Waals surface area (Å²) < 4.78 is 2.58. The van der Waals surface area contributed by atoms with Gasteiger partial charge in [-0.15, -0.1) is 0 Å². The van der Waals surface area contributed by atoms with E-state index in [0.29, 0.717) is 5.56 Å². The first-order valence-electron chi connectivity index (χ1n) is 4.89. The smallest absolute Gasteiger partial charge is 0.259 e. The Morgan fingerprint density at radius 3 is 2.50 bits per heavy atom. The Balaban J connectivity index is 2.56. The average Bonchev–Trinajstić information content (AvgIpc) is 2.31. The minimum atomic E-state index is -0.0627. The number of pyridine rings is 1. The lowest BCUT2D eigenvalue weighted by atomic mass is 10.2. The van der Waals surface area contributed by atoms with Crippen LogP contribution in [0, 0.1) is 0 Å². The summed E-state index contributed by atoms with van der Waals surface area (Å²) in [6, 6.07) is 11.1. The standard InChI is InChI=1S/C12H11BrN2O/c13-10-3-5-11(6-4-10)15-7-1-2-9(8-14)12(15)16/h1-7H,8,14H2. The Kier molecular flexibility index (Phi) is 3.22. The molecule has 2 aromatic rings. The fraction of sp³-hybridized carbons (Fsp3) is 0.0833. The van der Waals surface area contributed by atoms with Crippen molar-refractivity contribution in [1.82, 2.24) is 4.57 Å². The molecule has 0 unspecified atom stereocenters. The number of hydrogen-bond acceptors (Lipinski definition) is 2. The van der Waals surface area contributed by atoms with E-state index in [9.17, 15) is 4.79 Å². The summed E-state index contributed by atoms with van der Waals surface area (Å²) in [7, 11) is 0. The van der Waals surface area contributed by atoms with Gasteiger partial charge >= 0.3 is 0 Å². The van der Waals surface area contributed by atoms with Gasteiger partial charge in [0.2, 0.25) is 0 Å². The van der Waals surface area contributed by atoms with E-state index < -0.39 is 0 Å². The number of nitrogens with two attached hydrogens (primary N) is 1. The molecule has 16 heavy (non-hydrogen) atoms. The number of rotatable bonds is 2. The van der Waals surface area contributed by atoms with E-state index in [-0.39, 0.29) is 12.1 Å². The second kappa shape index (κ2) is 4.63. The zero-order valence-corrected chi connectivity index (χ0v) is 10.1. The van der Waals surface area contributed by atoms with Crippen LogP contribution >= 0.6 is 15.9 Å². The largest absolute Gasteiger partial charge is 0.326 e. The molecule has 0 atom stereocenters. The van der Waals surface area contributed by atoms with Gasteiger partial charge in [0.1, 0.15) is 0 Å². The van der Waals surface area contributed by atoms with Crippen LogP contribution in [0.3, 0.4) is 0 Å². The Labute approximate surface area is 102 Å². The molecule has 0 spiro atoms. The predicted molar refractivity (Wildman–Crippen MR) is 67.6 cm³/mol. The van der Waals surface area contributed by atoms with Crippen LogP contribution in [0.1, 0.15) is 5.56 Å². The number of hydrogen-bond donors (Lipinski definition) is 1. The molecule has 0 saturated heterocycles. The molecule has 0 aliphatic carbocycles. The van der Waals surface area contributed by atoms with Crippen LogP contribution in [0.2, 0.25) is 0 Å². The normalized spacial score (nSPS) is 10.4. The van der Waals surface area contributed by atoms with Gasteiger partial charge in [-0.2, -0.15) is 0 Å². The third-order valence-electron chi connectivity index (χ3n) is 2.35. The van der Waals surface area contributed by atoms with E-state index in [1.807, 2.05) is 30.3 Å². The minimum absolute atomic E-state index is 0.0627. The predicted octanol–water partition coefficient (Wildman–Crippen LogP) is 2.06. The van der Waals surface area contributed by atoms with Crippen molar-refractivity contribution < 1.29 is 0 Å². The molecular weight excluding hydrogens is 268 g/mol. The summed E-state index contributed by atoms with van der Waals surface area (Å²) >= 11 is 3.36. The summed E-state index contributed by atoms with van der Waals surface area (Å²) in [5.41, 5.74) is 6.89. The summed E-state index contributed by atoms with van der Waals surface area (Å²) in [6.07, 6.45) is 1.74. The summed E-state index contributed by atoms with van der Waals surface area (Å²) in [6.45, 7) is 0.260. The van der Waals surface area contributed by atoms with Gasteiger partial charge in [0.15, 0.2) is 0 Å². The topological polar surface area (TPSA) is 48.0 Å². The molecule has 1 heterocycles. The van der Waals surface area contributed by atoms with Crippen molar-refractivity contribution in [2.75, 3.05) is 0 Å². The maximum Gasteiger partial charge on any atom is 0.259 e. The lowest BCUT2D eigenvalue weighted by molar-refractivity contribution is 0.925. The summed E-state index contributed by atoms with van der Waals surface area (Å²) in [4.78, 5) is 12.0. The van der Waals surface area contributed by atoms with Crippen molar-refractivity contribution in [3.05, 3.63) is 63.0 Å². The first-order valence-corrected chi connectivity index (χ1v) is 5.68. The van der Waals surface area contributed by atoms with Gasteiger partial charge in [0.25, 0.3) is 5.56 Å².